The highest BCUT2D eigenvalue weighted by atomic mass is 35.5. The molecule has 0 aliphatic carbocycles. The highest BCUT2D eigenvalue weighted by molar-refractivity contribution is 6.31. The van der Waals surface area contributed by atoms with Crippen LogP contribution in [0.3, 0.4) is 0 Å². The van der Waals surface area contributed by atoms with Crippen molar-refractivity contribution >= 4 is 23.2 Å². The van der Waals surface area contributed by atoms with Gasteiger partial charge in [0.25, 0.3) is 5.91 Å². The summed E-state index contributed by atoms with van der Waals surface area (Å²) >= 11 is 5.89. The smallest absolute Gasteiger partial charge is 0.259 e. The van der Waals surface area contributed by atoms with E-state index in [0.29, 0.717) is 22.2 Å². The number of phenolic OH excluding ortho intramolecular Hbond substituents is 1. The minimum atomic E-state index is -0.430. The van der Waals surface area contributed by atoms with Crippen LogP contribution < -0.4 is 10.1 Å². The lowest BCUT2D eigenvalue weighted by atomic mass is 10.1. The fourth-order valence-electron chi connectivity index (χ4n) is 2.16. The van der Waals surface area contributed by atoms with Gasteiger partial charge in [-0.25, -0.2) is 0 Å². The second kappa shape index (κ2) is 7.06. The molecule has 3 rings (SSSR count). The Hall–Kier alpha value is -2.98. The maximum absolute atomic E-state index is 12.3. The van der Waals surface area contributed by atoms with Crippen LogP contribution in [0.25, 0.3) is 0 Å². The molecule has 0 aliphatic heterocycles. The van der Waals surface area contributed by atoms with Gasteiger partial charge in [0.2, 0.25) is 0 Å². The van der Waals surface area contributed by atoms with Crippen molar-refractivity contribution in [3.05, 3.63) is 83.4 Å². The van der Waals surface area contributed by atoms with E-state index in [0.717, 1.165) is 0 Å². The molecule has 0 spiro atoms. The maximum Gasteiger partial charge on any atom is 0.259 e. The molecule has 0 unspecified atom stereocenters. The van der Waals surface area contributed by atoms with Crippen molar-refractivity contribution in [3.63, 3.8) is 0 Å². The molecule has 24 heavy (non-hydrogen) atoms. The third kappa shape index (κ3) is 3.86. The summed E-state index contributed by atoms with van der Waals surface area (Å²) in [5.74, 6) is 0.495. The van der Waals surface area contributed by atoms with E-state index in [1.54, 1.807) is 42.5 Å². The zero-order valence-electron chi connectivity index (χ0n) is 12.6. The Kier molecular flexibility index (Phi) is 4.68. The van der Waals surface area contributed by atoms with Crippen LogP contribution in [0.2, 0.25) is 5.02 Å². The Morgan fingerprint density at radius 3 is 2.42 bits per heavy atom. The number of phenols is 1. The number of hydrogen-bond donors (Lipinski definition) is 2. The van der Waals surface area contributed by atoms with Crippen molar-refractivity contribution in [2.75, 3.05) is 5.32 Å². The molecule has 1 amide bonds. The van der Waals surface area contributed by atoms with E-state index >= 15 is 0 Å². The Morgan fingerprint density at radius 1 is 0.917 bits per heavy atom. The van der Waals surface area contributed by atoms with E-state index in [1.807, 2.05) is 18.2 Å². The molecular weight excluding hydrogens is 326 g/mol. The first-order valence-electron chi connectivity index (χ1n) is 7.25. The number of carbonyl (C=O) groups is 1. The second-order valence-corrected chi connectivity index (χ2v) is 5.49. The van der Waals surface area contributed by atoms with Gasteiger partial charge in [-0.1, -0.05) is 35.9 Å². The lowest BCUT2D eigenvalue weighted by molar-refractivity contribution is 0.102. The molecule has 0 aromatic heterocycles. The summed E-state index contributed by atoms with van der Waals surface area (Å²) in [5, 5.41) is 13.3. The molecule has 0 atom stereocenters. The number of benzene rings is 3. The Balaban J connectivity index is 1.75. The van der Waals surface area contributed by atoms with Crippen LogP contribution in [0.1, 0.15) is 10.4 Å². The number of carbonyl (C=O) groups excluding carboxylic acids is 1. The number of nitrogens with one attached hydrogen (secondary N) is 1. The number of anilines is 1. The van der Waals surface area contributed by atoms with Crippen LogP contribution in [0.4, 0.5) is 5.69 Å². The van der Waals surface area contributed by atoms with Crippen molar-refractivity contribution in [3.8, 4) is 17.2 Å². The predicted octanol–water partition coefficient (Wildman–Crippen LogP) is 5.09. The van der Waals surface area contributed by atoms with Crippen LogP contribution in [-0.2, 0) is 0 Å². The van der Waals surface area contributed by atoms with Gasteiger partial charge < -0.3 is 15.2 Å². The third-order valence-corrected chi connectivity index (χ3v) is 3.51. The summed E-state index contributed by atoms with van der Waals surface area (Å²) in [6.07, 6.45) is 0. The van der Waals surface area contributed by atoms with Crippen molar-refractivity contribution in [2.45, 2.75) is 0 Å². The highest BCUT2D eigenvalue weighted by Gasteiger charge is 2.13. The van der Waals surface area contributed by atoms with Crippen molar-refractivity contribution < 1.29 is 14.6 Å². The van der Waals surface area contributed by atoms with Gasteiger partial charge in [0.1, 0.15) is 17.2 Å². The summed E-state index contributed by atoms with van der Waals surface area (Å²) < 4.78 is 5.62. The van der Waals surface area contributed by atoms with Gasteiger partial charge in [0.05, 0.1) is 5.56 Å². The largest absolute Gasteiger partial charge is 0.507 e. The first kappa shape index (κ1) is 15.9. The molecule has 0 fully saturated rings. The quantitative estimate of drug-likeness (QED) is 0.696. The van der Waals surface area contributed by atoms with E-state index in [1.165, 1.54) is 12.1 Å². The summed E-state index contributed by atoms with van der Waals surface area (Å²) in [5.41, 5.74) is 0.701. The second-order valence-electron chi connectivity index (χ2n) is 5.06. The van der Waals surface area contributed by atoms with Gasteiger partial charge in [-0.15, -0.1) is 0 Å². The number of aromatic hydroxyl groups is 1. The number of halogens is 1. The van der Waals surface area contributed by atoms with Crippen molar-refractivity contribution in [2.24, 2.45) is 0 Å². The molecule has 120 valence electrons. The van der Waals surface area contributed by atoms with Crippen molar-refractivity contribution in [1.29, 1.82) is 0 Å². The number of hydrogen-bond acceptors (Lipinski definition) is 3. The molecule has 0 saturated heterocycles. The lowest BCUT2D eigenvalue weighted by Gasteiger charge is -2.10. The molecule has 3 aromatic rings. The number of ether oxygens (including phenoxy) is 1. The van der Waals surface area contributed by atoms with Gasteiger partial charge in [-0.3, -0.25) is 4.79 Å². The lowest BCUT2D eigenvalue weighted by Crippen LogP contribution is -2.12. The van der Waals surface area contributed by atoms with Crippen LogP contribution in [0, 0.1) is 0 Å². The molecule has 5 heteroatoms. The van der Waals surface area contributed by atoms with Gasteiger partial charge in [-0.2, -0.15) is 0 Å². The molecule has 0 aliphatic rings. The average Bonchev–Trinajstić information content (AvgIpc) is 2.56. The topological polar surface area (TPSA) is 58.6 Å². The molecule has 2 N–H and O–H groups in total. The Labute approximate surface area is 144 Å². The number of rotatable bonds is 4. The van der Waals surface area contributed by atoms with Gasteiger partial charge >= 0.3 is 0 Å². The molecule has 0 radical (unpaired) electrons. The fourth-order valence-corrected chi connectivity index (χ4v) is 2.35. The minimum absolute atomic E-state index is 0.149. The van der Waals surface area contributed by atoms with Crippen LogP contribution in [-0.4, -0.2) is 11.0 Å². The van der Waals surface area contributed by atoms with Gasteiger partial charge in [0, 0.05) is 16.8 Å². The first-order chi connectivity index (χ1) is 11.6. The van der Waals surface area contributed by atoms with E-state index in [2.05, 4.69) is 5.32 Å². The van der Waals surface area contributed by atoms with Gasteiger partial charge in [0.15, 0.2) is 0 Å². The maximum atomic E-state index is 12.3. The highest BCUT2D eigenvalue weighted by Crippen LogP contribution is 2.28. The predicted molar refractivity (Wildman–Crippen MR) is 94.0 cm³/mol. The molecule has 4 nitrogen and oxygen atoms in total. The van der Waals surface area contributed by atoms with E-state index in [-0.39, 0.29) is 11.3 Å². The van der Waals surface area contributed by atoms with Crippen LogP contribution in [0.15, 0.2) is 72.8 Å². The van der Waals surface area contributed by atoms with Crippen molar-refractivity contribution in [1.82, 2.24) is 0 Å². The van der Waals surface area contributed by atoms with Crippen LogP contribution >= 0.6 is 11.6 Å². The molecule has 0 heterocycles. The van der Waals surface area contributed by atoms with E-state index < -0.39 is 5.91 Å². The zero-order valence-corrected chi connectivity index (χ0v) is 13.3. The Morgan fingerprint density at radius 2 is 1.71 bits per heavy atom. The number of amides is 1. The van der Waals surface area contributed by atoms with Crippen LogP contribution in [0.5, 0.6) is 17.2 Å². The summed E-state index contributed by atoms with van der Waals surface area (Å²) in [6, 6.07) is 20.5. The molecule has 0 bridgehead atoms. The Bertz CT molecular complexity index is 865. The summed E-state index contributed by atoms with van der Waals surface area (Å²) in [4.78, 5) is 12.3. The number of para-hydroxylation sites is 1. The summed E-state index contributed by atoms with van der Waals surface area (Å²) in [6.45, 7) is 0. The zero-order chi connectivity index (χ0) is 16.9. The first-order valence-corrected chi connectivity index (χ1v) is 7.62. The standard InChI is InChI=1S/C19H14ClNO3/c20-13-5-4-6-14(11-13)21-19(23)17-10-9-16(12-18(17)22)24-15-7-2-1-3-8-15/h1-12,22H,(H,21,23). The average molecular weight is 340 g/mol. The van der Waals surface area contributed by atoms with Gasteiger partial charge in [-0.05, 0) is 42.5 Å². The minimum Gasteiger partial charge on any atom is -0.507 e. The normalized spacial score (nSPS) is 10.2. The molecule has 0 saturated carbocycles. The fraction of sp³-hybridized carbons (Fsp3) is 0. The van der Waals surface area contributed by atoms with E-state index in [4.69, 9.17) is 16.3 Å². The third-order valence-electron chi connectivity index (χ3n) is 3.28. The molecular formula is C19H14ClNO3. The molecule has 3 aromatic carbocycles. The SMILES string of the molecule is O=C(Nc1cccc(Cl)c1)c1ccc(Oc2ccccc2)cc1O. The monoisotopic (exact) mass is 339 g/mol. The van der Waals surface area contributed by atoms with E-state index in [9.17, 15) is 9.90 Å². The summed E-state index contributed by atoms with van der Waals surface area (Å²) in [7, 11) is 0.